The Hall–Kier alpha value is -3.26. The summed E-state index contributed by atoms with van der Waals surface area (Å²) in [5.41, 5.74) is 2.54. The zero-order valence-electron chi connectivity index (χ0n) is 14.7. The molecule has 27 heavy (non-hydrogen) atoms. The summed E-state index contributed by atoms with van der Waals surface area (Å²) in [7, 11) is 1.64. The number of anilines is 3. The number of nitrogens with one attached hydrogen (secondary N) is 3. The summed E-state index contributed by atoms with van der Waals surface area (Å²) in [5, 5.41) is 22.4. The number of rotatable bonds is 6. The van der Waals surface area contributed by atoms with E-state index in [2.05, 4.69) is 31.0 Å². The molecule has 0 aliphatic heterocycles. The van der Waals surface area contributed by atoms with Crippen LogP contribution in [0.2, 0.25) is 5.02 Å². The average Bonchev–Trinajstić information content (AvgIpc) is 3.34. The fourth-order valence-corrected chi connectivity index (χ4v) is 2.97. The van der Waals surface area contributed by atoms with Crippen LogP contribution in [0.15, 0.2) is 47.0 Å². The molecule has 4 rings (SSSR count). The maximum Gasteiger partial charge on any atom is 0.321 e. The van der Waals surface area contributed by atoms with E-state index in [0.29, 0.717) is 16.7 Å². The fraction of sp³-hybridized carbons (Fsp3) is 0.167. The monoisotopic (exact) mass is 384 g/mol. The predicted octanol–water partition coefficient (Wildman–Crippen LogP) is 4.52. The van der Waals surface area contributed by atoms with Crippen molar-refractivity contribution in [1.82, 2.24) is 20.4 Å². The van der Waals surface area contributed by atoms with Crippen LogP contribution >= 0.6 is 11.6 Å². The van der Waals surface area contributed by atoms with Crippen molar-refractivity contribution >= 4 is 40.2 Å². The van der Waals surface area contributed by atoms with Crippen molar-refractivity contribution in [3.8, 4) is 5.75 Å². The van der Waals surface area contributed by atoms with E-state index >= 15 is 0 Å². The van der Waals surface area contributed by atoms with Crippen molar-refractivity contribution in [3.63, 3.8) is 0 Å². The molecule has 1 atom stereocenters. The zero-order chi connectivity index (χ0) is 18.8. The number of hydrogen-bond acceptors (Lipinski definition) is 7. The molecule has 3 N–H and O–H groups in total. The minimum Gasteiger partial charge on any atom is -0.497 e. The molecule has 4 aromatic rings. The van der Waals surface area contributed by atoms with Gasteiger partial charge in [0.05, 0.1) is 35.6 Å². The summed E-state index contributed by atoms with van der Waals surface area (Å²) < 4.78 is 10.9. The lowest BCUT2D eigenvalue weighted by molar-refractivity contribution is 0.414. The Kier molecular flexibility index (Phi) is 4.55. The second-order valence-electron chi connectivity index (χ2n) is 5.94. The van der Waals surface area contributed by atoms with Gasteiger partial charge in [0, 0.05) is 5.39 Å². The topological polar surface area (TPSA) is 101 Å². The van der Waals surface area contributed by atoms with Gasteiger partial charge in [-0.1, -0.05) is 33.9 Å². The minimum absolute atomic E-state index is 0.0423. The second-order valence-corrected chi connectivity index (χ2v) is 6.32. The van der Waals surface area contributed by atoms with Gasteiger partial charge in [0.15, 0.2) is 0 Å². The summed E-state index contributed by atoms with van der Waals surface area (Å²) in [6.45, 7) is 2.00. The van der Waals surface area contributed by atoms with E-state index in [-0.39, 0.29) is 12.1 Å². The van der Waals surface area contributed by atoms with Crippen molar-refractivity contribution in [3.05, 3.63) is 53.2 Å². The molecule has 2 aromatic heterocycles. The Balaban J connectivity index is 1.48. The Morgan fingerprint density at radius 1 is 1.19 bits per heavy atom. The lowest BCUT2D eigenvalue weighted by Gasteiger charge is -2.13. The first kappa shape index (κ1) is 17.2. The number of ether oxygens (including phenoxy) is 1. The van der Waals surface area contributed by atoms with E-state index < -0.39 is 0 Å². The Bertz CT molecular complexity index is 1080. The first-order valence-electron chi connectivity index (χ1n) is 8.26. The van der Waals surface area contributed by atoms with Crippen LogP contribution in [0.4, 0.5) is 17.7 Å². The number of aromatic amines is 1. The van der Waals surface area contributed by atoms with E-state index in [0.717, 1.165) is 22.2 Å². The van der Waals surface area contributed by atoms with Gasteiger partial charge in [0.25, 0.3) is 0 Å². The third-order valence-corrected chi connectivity index (χ3v) is 4.57. The molecule has 0 fully saturated rings. The van der Waals surface area contributed by atoms with Crippen molar-refractivity contribution in [1.29, 1.82) is 0 Å². The number of fused-ring (bicyclic) bond motifs is 1. The molecule has 9 heteroatoms. The van der Waals surface area contributed by atoms with Crippen LogP contribution in [0.3, 0.4) is 0 Å². The van der Waals surface area contributed by atoms with Gasteiger partial charge >= 0.3 is 12.0 Å². The van der Waals surface area contributed by atoms with Crippen LogP contribution in [-0.2, 0) is 0 Å². The summed E-state index contributed by atoms with van der Waals surface area (Å²) in [4.78, 5) is 0. The number of benzene rings is 2. The average molecular weight is 385 g/mol. The fourth-order valence-electron chi connectivity index (χ4n) is 2.71. The van der Waals surface area contributed by atoms with E-state index in [1.165, 1.54) is 0 Å². The third kappa shape index (κ3) is 3.52. The van der Waals surface area contributed by atoms with Crippen molar-refractivity contribution in [2.45, 2.75) is 13.0 Å². The lowest BCUT2D eigenvalue weighted by atomic mass is 10.1. The van der Waals surface area contributed by atoms with E-state index in [1.54, 1.807) is 13.3 Å². The van der Waals surface area contributed by atoms with Gasteiger partial charge < -0.3 is 19.8 Å². The Morgan fingerprint density at radius 2 is 2.04 bits per heavy atom. The molecule has 0 amide bonds. The highest BCUT2D eigenvalue weighted by Crippen LogP contribution is 2.32. The summed E-state index contributed by atoms with van der Waals surface area (Å²) in [6.07, 6.45) is 1.67. The van der Waals surface area contributed by atoms with Gasteiger partial charge in [0.1, 0.15) is 5.75 Å². The highest BCUT2D eigenvalue weighted by Gasteiger charge is 2.13. The molecule has 0 saturated carbocycles. The summed E-state index contributed by atoms with van der Waals surface area (Å²) in [5.74, 6) is 0.790. The summed E-state index contributed by atoms with van der Waals surface area (Å²) in [6, 6.07) is 12.0. The predicted molar refractivity (Wildman–Crippen MR) is 104 cm³/mol. The van der Waals surface area contributed by atoms with Crippen LogP contribution in [-0.4, -0.2) is 27.5 Å². The molecule has 0 saturated heterocycles. The van der Waals surface area contributed by atoms with Gasteiger partial charge in [0.2, 0.25) is 0 Å². The summed E-state index contributed by atoms with van der Waals surface area (Å²) >= 11 is 6.39. The zero-order valence-corrected chi connectivity index (χ0v) is 15.4. The van der Waals surface area contributed by atoms with Gasteiger partial charge in [-0.25, -0.2) is 0 Å². The molecular formula is C18H17ClN6O2. The molecular weight excluding hydrogens is 368 g/mol. The van der Waals surface area contributed by atoms with E-state index in [4.69, 9.17) is 20.8 Å². The molecule has 0 aliphatic rings. The van der Waals surface area contributed by atoms with Gasteiger partial charge in [-0.15, -0.1) is 0 Å². The van der Waals surface area contributed by atoms with E-state index in [9.17, 15) is 0 Å². The van der Waals surface area contributed by atoms with Crippen LogP contribution in [0.25, 0.3) is 10.9 Å². The molecule has 2 heterocycles. The second kappa shape index (κ2) is 7.16. The van der Waals surface area contributed by atoms with Crippen LogP contribution in [0.5, 0.6) is 5.75 Å². The number of hydrogen-bond donors (Lipinski definition) is 3. The largest absolute Gasteiger partial charge is 0.497 e. The minimum atomic E-state index is -0.0423. The Labute approximate surface area is 159 Å². The van der Waals surface area contributed by atoms with Crippen LogP contribution < -0.4 is 15.4 Å². The molecule has 0 spiro atoms. The molecule has 0 bridgehead atoms. The standard InChI is InChI=1S/C18H17ClN6O2/c1-10(11-4-3-5-12(8-11)26-2)21-17-24-25-18(27-17)22-15-7-6-14-13(16(15)19)9-20-23-14/h3-10H,1-2H3,(H,20,23)(H,21,24)(H,22,25)/t10-/m1/s1. The molecule has 0 aliphatic carbocycles. The number of H-pyrrole nitrogens is 1. The maximum absolute atomic E-state index is 6.39. The van der Waals surface area contributed by atoms with Crippen molar-refractivity contribution in [2.24, 2.45) is 0 Å². The molecule has 0 radical (unpaired) electrons. The van der Waals surface area contributed by atoms with Gasteiger partial charge in [-0.05, 0) is 36.8 Å². The third-order valence-electron chi connectivity index (χ3n) is 4.16. The smallest absolute Gasteiger partial charge is 0.321 e. The first-order valence-corrected chi connectivity index (χ1v) is 8.64. The van der Waals surface area contributed by atoms with Crippen molar-refractivity contribution < 1.29 is 9.15 Å². The first-order chi connectivity index (χ1) is 13.1. The van der Waals surface area contributed by atoms with Crippen LogP contribution in [0.1, 0.15) is 18.5 Å². The maximum atomic E-state index is 6.39. The highest BCUT2D eigenvalue weighted by atomic mass is 35.5. The van der Waals surface area contributed by atoms with Gasteiger partial charge in [-0.2, -0.15) is 5.10 Å². The molecule has 8 nitrogen and oxygen atoms in total. The number of halogens is 1. The number of nitrogens with zero attached hydrogens (tertiary/aromatic N) is 3. The quantitative estimate of drug-likeness (QED) is 0.449. The molecule has 2 aromatic carbocycles. The molecule has 138 valence electrons. The number of methoxy groups -OCH3 is 1. The molecule has 0 unspecified atom stereocenters. The van der Waals surface area contributed by atoms with Crippen LogP contribution in [0, 0.1) is 0 Å². The van der Waals surface area contributed by atoms with E-state index in [1.807, 2.05) is 43.3 Å². The van der Waals surface area contributed by atoms with Gasteiger partial charge in [-0.3, -0.25) is 5.10 Å². The Morgan fingerprint density at radius 3 is 2.89 bits per heavy atom. The SMILES string of the molecule is COc1cccc([C@@H](C)Nc2nnc(Nc3ccc4[nH]ncc4c3Cl)o2)c1. The van der Waals surface area contributed by atoms with Crippen molar-refractivity contribution in [2.75, 3.05) is 17.7 Å². The highest BCUT2D eigenvalue weighted by molar-refractivity contribution is 6.38. The normalized spacial score (nSPS) is 12.1. The lowest BCUT2D eigenvalue weighted by Crippen LogP contribution is -2.06. The number of aromatic nitrogens is 4.